The first kappa shape index (κ1) is 13.9. The van der Waals surface area contributed by atoms with Crippen molar-refractivity contribution in [3.8, 4) is 5.75 Å². The van der Waals surface area contributed by atoms with E-state index in [0.29, 0.717) is 0 Å². The third-order valence-corrected chi connectivity index (χ3v) is 4.61. The van der Waals surface area contributed by atoms with E-state index in [4.69, 9.17) is 9.47 Å². The molecular weight excluding hydrogens is 252 g/mol. The fourth-order valence-electron chi connectivity index (χ4n) is 3.49. The summed E-state index contributed by atoms with van der Waals surface area (Å²) in [6, 6.07) is 7.80. The lowest BCUT2D eigenvalue weighted by atomic mass is 9.90. The zero-order valence-electron chi connectivity index (χ0n) is 12.2. The van der Waals surface area contributed by atoms with Crippen LogP contribution in [-0.2, 0) is 4.74 Å². The Kier molecular flexibility index (Phi) is 3.99. The normalized spacial score (nSPS) is 26.6. The Bertz CT molecular complexity index is 449. The Morgan fingerprint density at radius 3 is 2.90 bits per heavy atom. The molecule has 1 heterocycles. The van der Waals surface area contributed by atoms with Crippen LogP contribution in [0, 0.1) is 0 Å². The summed E-state index contributed by atoms with van der Waals surface area (Å²) in [7, 11) is 0. The summed E-state index contributed by atoms with van der Waals surface area (Å²) in [5.74, 6) is 0.864. The molecule has 0 radical (unpaired) electrons. The van der Waals surface area contributed by atoms with Gasteiger partial charge in [0.2, 0.25) is 0 Å². The van der Waals surface area contributed by atoms with Gasteiger partial charge < -0.3 is 14.6 Å². The lowest BCUT2D eigenvalue weighted by Gasteiger charge is -2.38. The van der Waals surface area contributed by atoms with Gasteiger partial charge in [-0.2, -0.15) is 0 Å². The van der Waals surface area contributed by atoms with Crippen molar-refractivity contribution in [3.05, 3.63) is 29.8 Å². The molecular formula is C17H24O3. The van der Waals surface area contributed by atoms with Gasteiger partial charge in [-0.05, 0) is 37.5 Å². The van der Waals surface area contributed by atoms with Crippen LogP contribution in [0.5, 0.6) is 5.75 Å². The number of aliphatic hydroxyl groups is 1. The molecule has 1 N–H and O–H groups in total. The predicted octanol–water partition coefficient (Wildman–Crippen LogP) is 3.61. The molecule has 0 bridgehead atoms. The highest BCUT2D eigenvalue weighted by Gasteiger charge is 2.40. The minimum Gasteiger partial charge on any atom is -0.490 e. The molecule has 2 unspecified atom stereocenters. The zero-order chi connectivity index (χ0) is 14.0. The highest BCUT2D eigenvalue weighted by Crippen LogP contribution is 2.41. The second-order valence-electron chi connectivity index (χ2n) is 6.22. The molecule has 2 aliphatic rings. The van der Waals surface area contributed by atoms with Crippen molar-refractivity contribution in [1.82, 2.24) is 0 Å². The van der Waals surface area contributed by atoms with Crippen molar-refractivity contribution < 1.29 is 14.6 Å². The summed E-state index contributed by atoms with van der Waals surface area (Å²) in [6.07, 6.45) is 6.68. The van der Waals surface area contributed by atoms with Crippen molar-refractivity contribution in [1.29, 1.82) is 0 Å². The van der Waals surface area contributed by atoms with Gasteiger partial charge in [-0.3, -0.25) is 0 Å². The Labute approximate surface area is 120 Å². The third-order valence-electron chi connectivity index (χ3n) is 4.61. The number of benzene rings is 1. The third kappa shape index (κ3) is 2.99. The second-order valence-corrected chi connectivity index (χ2v) is 6.22. The summed E-state index contributed by atoms with van der Waals surface area (Å²) in [6.45, 7) is 2.59. The monoisotopic (exact) mass is 276 g/mol. The molecule has 0 amide bonds. The minimum absolute atomic E-state index is 0.0881. The molecule has 1 saturated carbocycles. The average Bonchev–Trinajstić information content (AvgIpc) is 2.87. The minimum atomic E-state index is -0.450. The van der Waals surface area contributed by atoms with Gasteiger partial charge in [0, 0.05) is 12.8 Å². The van der Waals surface area contributed by atoms with Crippen molar-refractivity contribution in [3.63, 3.8) is 0 Å². The van der Waals surface area contributed by atoms with Crippen molar-refractivity contribution >= 4 is 0 Å². The maximum absolute atomic E-state index is 9.65. The SMILES string of the molecule is CC(O)c1cccc(OC2CCOC3(CCCC3)C2)c1. The van der Waals surface area contributed by atoms with E-state index in [1.807, 2.05) is 24.3 Å². The lowest BCUT2D eigenvalue weighted by Crippen LogP contribution is -2.41. The van der Waals surface area contributed by atoms with Crippen LogP contribution < -0.4 is 4.74 Å². The van der Waals surface area contributed by atoms with Crippen LogP contribution in [0.4, 0.5) is 0 Å². The largest absolute Gasteiger partial charge is 0.490 e. The van der Waals surface area contributed by atoms with E-state index >= 15 is 0 Å². The summed E-state index contributed by atoms with van der Waals surface area (Å²) < 4.78 is 12.2. The maximum atomic E-state index is 9.65. The van der Waals surface area contributed by atoms with Crippen LogP contribution >= 0.6 is 0 Å². The van der Waals surface area contributed by atoms with Crippen LogP contribution in [0.15, 0.2) is 24.3 Å². The Morgan fingerprint density at radius 1 is 1.35 bits per heavy atom. The van der Waals surface area contributed by atoms with Gasteiger partial charge in [0.15, 0.2) is 0 Å². The first-order valence-corrected chi connectivity index (χ1v) is 7.76. The van der Waals surface area contributed by atoms with Crippen molar-refractivity contribution in [2.75, 3.05) is 6.61 Å². The molecule has 110 valence electrons. The maximum Gasteiger partial charge on any atom is 0.120 e. The van der Waals surface area contributed by atoms with E-state index in [0.717, 1.165) is 30.8 Å². The Hall–Kier alpha value is -1.06. The fraction of sp³-hybridized carbons (Fsp3) is 0.647. The van der Waals surface area contributed by atoms with Gasteiger partial charge in [-0.15, -0.1) is 0 Å². The van der Waals surface area contributed by atoms with Crippen LogP contribution in [-0.4, -0.2) is 23.4 Å². The van der Waals surface area contributed by atoms with E-state index in [2.05, 4.69) is 0 Å². The molecule has 0 aromatic heterocycles. The number of rotatable bonds is 3. The van der Waals surface area contributed by atoms with Crippen LogP contribution in [0.25, 0.3) is 0 Å². The van der Waals surface area contributed by atoms with Crippen LogP contribution in [0.2, 0.25) is 0 Å². The molecule has 2 atom stereocenters. The first-order valence-electron chi connectivity index (χ1n) is 7.76. The molecule has 2 fully saturated rings. The van der Waals surface area contributed by atoms with Gasteiger partial charge in [-0.25, -0.2) is 0 Å². The van der Waals surface area contributed by atoms with Crippen molar-refractivity contribution in [2.24, 2.45) is 0 Å². The standard InChI is InChI=1S/C17H24O3/c1-13(18)14-5-4-6-15(11-14)20-16-7-10-19-17(12-16)8-2-3-9-17/h4-6,11,13,16,18H,2-3,7-10,12H2,1H3. The van der Waals surface area contributed by atoms with E-state index in [1.54, 1.807) is 6.92 Å². The van der Waals surface area contributed by atoms with Crippen molar-refractivity contribution in [2.45, 2.75) is 63.3 Å². The number of ether oxygens (including phenoxy) is 2. The zero-order valence-corrected chi connectivity index (χ0v) is 12.2. The Balaban J connectivity index is 1.66. The molecule has 1 aromatic carbocycles. The molecule has 1 spiro atoms. The van der Waals surface area contributed by atoms with Crippen LogP contribution in [0.1, 0.15) is 57.1 Å². The van der Waals surface area contributed by atoms with Gasteiger partial charge >= 0.3 is 0 Å². The van der Waals surface area contributed by atoms with Crippen LogP contribution in [0.3, 0.4) is 0 Å². The van der Waals surface area contributed by atoms with E-state index in [-0.39, 0.29) is 11.7 Å². The van der Waals surface area contributed by atoms with E-state index in [9.17, 15) is 5.11 Å². The molecule has 20 heavy (non-hydrogen) atoms. The number of hydrogen-bond acceptors (Lipinski definition) is 3. The number of aliphatic hydroxyl groups excluding tert-OH is 1. The molecule has 3 heteroatoms. The lowest BCUT2D eigenvalue weighted by molar-refractivity contribution is -0.108. The van der Waals surface area contributed by atoms with Gasteiger partial charge in [-0.1, -0.05) is 25.0 Å². The van der Waals surface area contributed by atoms with E-state index < -0.39 is 6.10 Å². The summed E-state index contributed by atoms with van der Waals surface area (Å²) in [5.41, 5.74) is 0.996. The molecule has 1 aliphatic heterocycles. The van der Waals surface area contributed by atoms with Gasteiger partial charge in [0.1, 0.15) is 11.9 Å². The topological polar surface area (TPSA) is 38.7 Å². The van der Waals surface area contributed by atoms with E-state index in [1.165, 1.54) is 25.7 Å². The van der Waals surface area contributed by atoms with Gasteiger partial charge in [0.25, 0.3) is 0 Å². The smallest absolute Gasteiger partial charge is 0.120 e. The molecule has 3 rings (SSSR count). The molecule has 1 aliphatic carbocycles. The Morgan fingerprint density at radius 2 is 2.15 bits per heavy atom. The number of hydrogen-bond donors (Lipinski definition) is 1. The first-order chi connectivity index (χ1) is 9.67. The quantitative estimate of drug-likeness (QED) is 0.916. The highest BCUT2D eigenvalue weighted by atomic mass is 16.5. The summed E-state index contributed by atoms with van der Waals surface area (Å²) in [5, 5.41) is 9.65. The fourth-order valence-corrected chi connectivity index (χ4v) is 3.49. The second kappa shape index (κ2) is 5.74. The predicted molar refractivity (Wildman–Crippen MR) is 77.9 cm³/mol. The molecule has 1 aromatic rings. The van der Waals surface area contributed by atoms with Gasteiger partial charge in [0.05, 0.1) is 18.3 Å². The summed E-state index contributed by atoms with van der Waals surface area (Å²) >= 11 is 0. The molecule has 1 saturated heterocycles. The average molecular weight is 276 g/mol. The summed E-state index contributed by atoms with van der Waals surface area (Å²) in [4.78, 5) is 0. The highest BCUT2D eigenvalue weighted by molar-refractivity contribution is 5.29. The molecule has 3 nitrogen and oxygen atoms in total.